The van der Waals surface area contributed by atoms with E-state index in [1.54, 1.807) is 10.4 Å². The van der Waals surface area contributed by atoms with Crippen molar-refractivity contribution in [1.29, 1.82) is 0 Å². The van der Waals surface area contributed by atoms with Gasteiger partial charge in [0.2, 0.25) is 10.0 Å². The van der Waals surface area contributed by atoms with Crippen molar-refractivity contribution in [2.45, 2.75) is 43.9 Å². The lowest BCUT2D eigenvalue weighted by molar-refractivity contribution is 0.346. The highest BCUT2D eigenvalue weighted by Crippen LogP contribution is 2.24. The Hall–Kier alpha value is -1.14. The Kier molecular flexibility index (Phi) is 4.68. The zero-order valence-electron chi connectivity index (χ0n) is 13.2. The van der Waals surface area contributed by atoms with Gasteiger partial charge in [0, 0.05) is 32.4 Å². The van der Waals surface area contributed by atoms with E-state index in [2.05, 4.69) is 16.8 Å². The van der Waals surface area contributed by atoms with Crippen LogP contribution in [-0.4, -0.2) is 43.9 Å². The van der Waals surface area contributed by atoms with E-state index in [-0.39, 0.29) is 0 Å². The number of hydrogen-bond acceptors (Lipinski definition) is 4. The van der Waals surface area contributed by atoms with Crippen molar-refractivity contribution in [2.75, 3.05) is 31.1 Å². The van der Waals surface area contributed by atoms with Gasteiger partial charge in [-0.2, -0.15) is 4.31 Å². The molecule has 122 valence electrons. The van der Waals surface area contributed by atoms with Crippen LogP contribution in [-0.2, 0) is 10.0 Å². The number of anilines is 1. The minimum absolute atomic E-state index is 0.322. The van der Waals surface area contributed by atoms with Crippen molar-refractivity contribution >= 4 is 15.8 Å². The standard InChI is InChI=1S/C16H25N3O2S/c1-14-6-5-9-18(13-14)16-8-7-15(12-17-16)22(20,21)19-10-3-2-4-11-19/h7-8,12,14H,2-6,9-11,13H2,1H3/t14-/m1/s1. The maximum atomic E-state index is 12.6. The van der Waals surface area contributed by atoms with E-state index in [1.165, 1.54) is 19.0 Å². The monoisotopic (exact) mass is 323 g/mol. The highest BCUT2D eigenvalue weighted by Gasteiger charge is 2.26. The van der Waals surface area contributed by atoms with Crippen LogP contribution in [0, 0.1) is 5.92 Å². The topological polar surface area (TPSA) is 53.5 Å². The summed E-state index contributed by atoms with van der Waals surface area (Å²) in [5.74, 6) is 1.57. The Bertz CT molecular complexity index is 594. The average Bonchev–Trinajstić information content (AvgIpc) is 2.56. The molecule has 1 atom stereocenters. The first kappa shape index (κ1) is 15.7. The summed E-state index contributed by atoms with van der Waals surface area (Å²) in [6, 6.07) is 3.57. The lowest BCUT2D eigenvalue weighted by Gasteiger charge is -2.32. The summed E-state index contributed by atoms with van der Waals surface area (Å²) in [5, 5.41) is 0. The number of pyridine rings is 1. The molecule has 0 N–H and O–H groups in total. The summed E-state index contributed by atoms with van der Waals surface area (Å²) in [7, 11) is -3.37. The first-order chi connectivity index (χ1) is 10.6. The maximum Gasteiger partial charge on any atom is 0.244 e. The molecule has 3 rings (SSSR count). The second-order valence-corrected chi connectivity index (χ2v) is 8.45. The predicted molar refractivity (Wildman–Crippen MR) is 87.5 cm³/mol. The van der Waals surface area contributed by atoms with Crippen LogP contribution >= 0.6 is 0 Å². The molecule has 0 aromatic carbocycles. The maximum absolute atomic E-state index is 12.6. The molecule has 0 radical (unpaired) electrons. The molecule has 0 aliphatic carbocycles. The zero-order chi connectivity index (χ0) is 15.6. The van der Waals surface area contributed by atoms with Gasteiger partial charge >= 0.3 is 0 Å². The summed E-state index contributed by atoms with van der Waals surface area (Å²) in [6.45, 7) is 5.53. The number of nitrogens with zero attached hydrogens (tertiary/aromatic N) is 3. The van der Waals surface area contributed by atoms with Crippen molar-refractivity contribution in [3.63, 3.8) is 0 Å². The van der Waals surface area contributed by atoms with Crippen molar-refractivity contribution < 1.29 is 8.42 Å². The van der Waals surface area contributed by atoms with E-state index >= 15 is 0 Å². The third kappa shape index (κ3) is 3.27. The molecule has 2 aliphatic heterocycles. The molecule has 1 aromatic heterocycles. The Morgan fingerprint density at radius 1 is 1.09 bits per heavy atom. The van der Waals surface area contributed by atoms with Crippen molar-refractivity contribution in [1.82, 2.24) is 9.29 Å². The first-order valence-electron chi connectivity index (χ1n) is 8.28. The number of aromatic nitrogens is 1. The third-order valence-corrected chi connectivity index (χ3v) is 6.54. The quantitative estimate of drug-likeness (QED) is 0.857. The van der Waals surface area contributed by atoms with Gasteiger partial charge in [0.05, 0.1) is 0 Å². The molecule has 0 spiro atoms. The molecule has 5 nitrogen and oxygen atoms in total. The Balaban J connectivity index is 1.75. The molecule has 0 saturated carbocycles. The predicted octanol–water partition coefficient (Wildman–Crippen LogP) is 2.49. The lowest BCUT2D eigenvalue weighted by atomic mass is 10.0. The molecule has 2 saturated heterocycles. The zero-order valence-corrected chi connectivity index (χ0v) is 14.1. The van der Waals surface area contributed by atoms with E-state index in [9.17, 15) is 8.42 Å². The minimum atomic E-state index is -3.37. The molecular weight excluding hydrogens is 298 g/mol. The number of hydrogen-bond donors (Lipinski definition) is 0. The smallest absolute Gasteiger partial charge is 0.244 e. The van der Waals surface area contributed by atoms with Crippen molar-refractivity contribution in [3.05, 3.63) is 18.3 Å². The van der Waals surface area contributed by atoms with Crippen LogP contribution in [0.1, 0.15) is 39.0 Å². The first-order valence-corrected chi connectivity index (χ1v) is 9.72. The highest BCUT2D eigenvalue weighted by atomic mass is 32.2. The fourth-order valence-electron chi connectivity index (χ4n) is 3.36. The molecule has 0 unspecified atom stereocenters. The number of rotatable bonds is 3. The molecular formula is C16H25N3O2S. The van der Waals surface area contributed by atoms with Crippen LogP contribution in [0.15, 0.2) is 23.2 Å². The van der Waals surface area contributed by atoms with Gasteiger partial charge < -0.3 is 4.90 Å². The largest absolute Gasteiger partial charge is 0.356 e. The lowest BCUT2D eigenvalue weighted by Crippen LogP contribution is -2.36. The van der Waals surface area contributed by atoms with Crippen LogP contribution in [0.4, 0.5) is 5.82 Å². The summed E-state index contributed by atoms with van der Waals surface area (Å²) < 4.78 is 26.8. The van der Waals surface area contributed by atoms with Gasteiger partial charge in [-0.1, -0.05) is 13.3 Å². The van der Waals surface area contributed by atoms with Crippen LogP contribution in [0.3, 0.4) is 0 Å². The van der Waals surface area contributed by atoms with E-state index in [0.29, 0.717) is 23.9 Å². The van der Waals surface area contributed by atoms with Gasteiger partial charge in [-0.15, -0.1) is 0 Å². The molecule has 22 heavy (non-hydrogen) atoms. The van der Waals surface area contributed by atoms with Gasteiger partial charge in [-0.3, -0.25) is 0 Å². The van der Waals surface area contributed by atoms with E-state index in [0.717, 1.165) is 38.2 Å². The van der Waals surface area contributed by atoms with Crippen LogP contribution in [0.5, 0.6) is 0 Å². The Morgan fingerprint density at radius 3 is 2.50 bits per heavy atom. The molecule has 1 aromatic rings. The number of piperidine rings is 2. The van der Waals surface area contributed by atoms with E-state index < -0.39 is 10.0 Å². The molecule has 6 heteroatoms. The Morgan fingerprint density at radius 2 is 1.86 bits per heavy atom. The van der Waals surface area contributed by atoms with Crippen LogP contribution < -0.4 is 4.90 Å². The second kappa shape index (κ2) is 6.54. The van der Waals surface area contributed by atoms with Gasteiger partial charge in [-0.25, -0.2) is 13.4 Å². The second-order valence-electron chi connectivity index (χ2n) is 6.51. The molecule has 0 amide bonds. The van der Waals surface area contributed by atoms with Gasteiger partial charge in [0.1, 0.15) is 10.7 Å². The van der Waals surface area contributed by atoms with Crippen molar-refractivity contribution in [2.24, 2.45) is 5.92 Å². The summed E-state index contributed by atoms with van der Waals surface area (Å²) >= 11 is 0. The van der Waals surface area contributed by atoms with Crippen LogP contribution in [0.2, 0.25) is 0 Å². The van der Waals surface area contributed by atoms with E-state index in [4.69, 9.17) is 0 Å². The highest BCUT2D eigenvalue weighted by molar-refractivity contribution is 7.89. The normalized spacial score (nSPS) is 24.4. The van der Waals surface area contributed by atoms with Gasteiger partial charge in [-0.05, 0) is 43.7 Å². The van der Waals surface area contributed by atoms with Gasteiger partial charge in [0.25, 0.3) is 0 Å². The fraction of sp³-hybridized carbons (Fsp3) is 0.688. The molecule has 0 bridgehead atoms. The third-order valence-electron chi connectivity index (χ3n) is 4.65. The van der Waals surface area contributed by atoms with Crippen molar-refractivity contribution in [3.8, 4) is 0 Å². The Labute approximate surface area is 133 Å². The minimum Gasteiger partial charge on any atom is -0.356 e. The summed E-state index contributed by atoms with van der Waals surface area (Å²) in [6.07, 6.45) is 7.00. The SMILES string of the molecule is C[C@@H]1CCCN(c2ccc(S(=O)(=O)N3CCCCC3)cn2)C1. The average molecular weight is 323 g/mol. The fourth-order valence-corrected chi connectivity index (χ4v) is 4.83. The number of sulfonamides is 1. The molecule has 2 aliphatic rings. The van der Waals surface area contributed by atoms with Gasteiger partial charge in [0.15, 0.2) is 0 Å². The summed E-state index contributed by atoms with van der Waals surface area (Å²) in [4.78, 5) is 7.00. The molecule has 3 heterocycles. The molecule has 2 fully saturated rings. The van der Waals surface area contributed by atoms with E-state index in [1.807, 2.05) is 6.07 Å². The van der Waals surface area contributed by atoms with Crippen LogP contribution in [0.25, 0.3) is 0 Å². The summed E-state index contributed by atoms with van der Waals surface area (Å²) in [5.41, 5.74) is 0.